The number of carbonyl (C=O) groups excluding carboxylic acids is 2. The average Bonchev–Trinajstić information content (AvgIpc) is 3.94. The van der Waals surface area contributed by atoms with Gasteiger partial charge in [0.25, 0.3) is 0 Å². The first-order valence-electron chi connectivity index (χ1n) is 26.1. The Labute approximate surface area is 433 Å². The number of aryl methyl sites for hydroxylation is 1. The van der Waals surface area contributed by atoms with Crippen molar-refractivity contribution in [3.63, 3.8) is 0 Å². The Kier molecular flexibility index (Phi) is 13.6. The summed E-state index contributed by atoms with van der Waals surface area (Å²) in [6.45, 7) is 11.0. The highest BCUT2D eigenvalue weighted by Gasteiger charge is 2.51. The smallest absolute Gasteiger partial charge is 0.319 e. The van der Waals surface area contributed by atoms with E-state index in [1.165, 1.54) is 43.4 Å². The molecule has 0 radical (unpaired) electrons. The van der Waals surface area contributed by atoms with Crippen LogP contribution < -0.4 is 20.7 Å². The number of halogens is 3. The van der Waals surface area contributed by atoms with E-state index in [0.717, 1.165) is 99.2 Å². The highest BCUT2D eigenvalue weighted by atomic mass is 35.5. The first-order chi connectivity index (χ1) is 35.3. The van der Waals surface area contributed by atoms with Gasteiger partial charge < -0.3 is 29.9 Å². The number of fused-ring (bicyclic) bond motifs is 3. The molecule has 3 aromatic carbocycles. The molecular formula is C55H63ClF2N10O4S. The summed E-state index contributed by atoms with van der Waals surface area (Å²) >= 11 is 7.91. The molecule has 1 spiro atoms. The Morgan fingerprint density at radius 2 is 1.79 bits per heavy atom. The van der Waals surface area contributed by atoms with Crippen LogP contribution in [-0.2, 0) is 21.4 Å². The van der Waals surface area contributed by atoms with Gasteiger partial charge in [0, 0.05) is 66.3 Å². The number of hydrogen-bond acceptors (Lipinski definition) is 13. The Hall–Kier alpha value is -5.51. The molecule has 1 unspecified atom stereocenters. The summed E-state index contributed by atoms with van der Waals surface area (Å²) in [7, 11) is 1.94. The molecule has 6 heterocycles. The minimum atomic E-state index is -0.723. The number of ether oxygens (including phenoxy) is 2. The number of hydrogen-bond donors (Lipinski definition) is 2. The van der Waals surface area contributed by atoms with Crippen molar-refractivity contribution in [1.29, 1.82) is 5.26 Å². The minimum Gasteiger partial charge on any atom is -0.463 e. The number of nitrogens with two attached hydrogens (primary N) is 1. The third-order valence-corrected chi connectivity index (χ3v) is 18.2. The molecule has 3 aliphatic heterocycles. The van der Waals surface area contributed by atoms with Crippen LogP contribution in [0.5, 0.6) is 6.01 Å². The SMILES string of the molecule is CCCCN(COCC)c1nc(OCC2(CN3CCC4(CC3)CC(N3CCC(c5ccc6c(C7CCC(=O)NC7=O)nn(C)c6c5)CC3)C4)CC2)nc2c(F)c(-c3ccc(F)c4sc(N)c(C#N)c34)c(Cl)cc12. The second-order valence-electron chi connectivity index (χ2n) is 21.5. The summed E-state index contributed by atoms with van der Waals surface area (Å²) in [5.41, 5.74) is 10.00. The lowest BCUT2D eigenvalue weighted by atomic mass is 9.59. The fourth-order valence-corrected chi connectivity index (χ4v) is 13.6. The predicted octanol–water partition coefficient (Wildman–Crippen LogP) is 10.2. The zero-order chi connectivity index (χ0) is 50.8. The first kappa shape index (κ1) is 49.7. The summed E-state index contributed by atoms with van der Waals surface area (Å²) < 4.78 is 46.9. The molecule has 3 saturated heterocycles. The number of anilines is 2. The van der Waals surface area contributed by atoms with E-state index in [1.54, 1.807) is 6.07 Å². The van der Waals surface area contributed by atoms with Gasteiger partial charge >= 0.3 is 6.01 Å². The van der Waals surface area contributed by atoms with E-state index >= 15 is 8.78 Å². The summed E-state index contributed by atoms with van der Waals surface area (Å²) in [6, 6.07) is 13.7. The molecule has 5 aliphatic rings. The van der Waals surface area contributed by atoms with E-state index in [-0.39, 0.29) is 72.3 Å². The zero-order valence-corrected chi connectivity index (χ0v) is 43.4. The number of nitrogens with zero attached hydrogens (tertiary/aromatic N) is 8. The second-order valence-corrected chi connectivity index (χ2v) is 23.0. The number of imide groups is 1. The van der Waals surface area contributed by atoms with Crippen molar-refractivity contribution in [2.24, 2.45) is 17.9 Å². The van der Waals surface area contributed by atoms with Crippen molar-refractivity contribution in [3.8, 4) is 23.2 Å². The number of likely N-dealkylation sites (tertiary alicyclic amines) is 2. The summed E-state index contributed by atoms with van der Waals surface area (Å²) in [6.07, 6.45) is 11.8. The largest absolute Gasteiger partial charge is 0.463 e. The summed E-state index contributed by atoms with van der Waals surface area (Å²) in [5, 5.41) is 19.1. The van der Waals surface area contributed by atoms with E-state index in [2.05, 4.69) is 46.3 Å². The number of benzene rings is 3. The second kappa shape index (κ2) is 20.0. The van der Waals surface area contributed by atoms with Crippen molar-refractivity contribution in [1.82, 2.24) is 34.9 Å². The van der Waals surface area contributed by atoms with Gasteiger partial charge in [-0.05, 0) is 138 Å². The van der Waals surface area contributed by atoms with Crippen LogP contribution in [-0.4, -0.2) is 107 Å². The van der Waals surface area contributed by atoms with Crippen molar-refractivity contribution in [2.75, 3.05) is 69.8 Å². The Balaban J connectivity index is 0.732. The van der Waals surface area contributed by atoms with Crippen molar-refractivity contribution >= 4 is 77.5 Å². The van der Waals surface area contributed by atoms with Gasteiger partial charge in [0.1, 0.15) is 35.0 Å². The molecule has 1 atom stereocenters. The Morgan fingerprint density at radius 3 is 2.51 bits per heavy atom. The molecule has 2 aliphatic carbocycles. The molecule has 6 aromatic rings. The van der Waals surface area contributed by atoms with Gasteiger partial charge in [-0.2, -0.15) is 20.3 Å². The first-order valence-corrected chi connectivity index (χ1v) is 27.3. The lowest BCUT2D eigenvalue weighted by Crippen LogP contribution is -2.56. The molecule has 0 bridgehead atoms. The maximum absolute atomic E-state index is 17.3. The van der Waals surface area contributed by atoms with Crippen molar-refractivity contribution in [2.45, 2.75) is 109 Å². The third-order valence-electron chi connectivity index (χ3n) is 16.8. The normalized spacial score (nSPS) is 20.5. The summed E-state index contributed by atoms with van der Waals surface area (Å²) in [4.78, 5) is 41.4. The van der Waals surface area contributed by atoms with Gasteiger partial charge in [-0.3, -0.25) is 19.6 Å². The van der Waals surface area contributed by atoms with Crippen LogP contribution in [0, 0.1) is 33.8 Å². The van der Waals surface area contributed by atoms with Crippen LogP contribution >= 0.6 is 22.9 Å². The van der Waals surface area contributed by atoms with E-state index < -0.39 is 17.6 Å². The Bertz CT molecular complexity index is 3160. The molecule has 3 N–H and O–H groups in total. The third kappa shape index (κ3) is 9.40. The molecule has 3 aromatic heterocycles. The van der Waals surface area contributed by atoms with Crippen LogP contribution in [0.15, 0.2) is 36.4 Å². The molecular weight excluding hydrogens is 970 g/mol. The molecule has 73 heavy (non-hydrogen) atoms. The topological polar surface area (TPSA) is 168 Å². The van der Waals surface area contributed by atoms with Gasteiger partial charge in [-0.15, -0.1) is 11.3 Å². The maximum atomic E-state index is 17.3. The number of nitriles is 1. The highest BCUT2D eigenvalue weighted by Crippen LogP contribution is 2.54. The molecule has 11 rings (SSSR count). The lowest BCUT2D eigenvalue weighted by Gasteiger charge is -2.56. The molecule has 18 heteroatoms. The number of nitrogens with one attached hydrogen (secondary N) is 1. The van der Waals surface area contributed by atoms with Crippen molar-refractivity contribution < 1.29 is 27.8 Å². The molecule has 5 fully saturated rings. The van der Waals surface area contributed by atoms with E-state index in [0.29, 0.717) is 61.2 Å². The molecule has 384 valence electrons. The number of rotatable bonds is 16. The van der Waals surface area contributed by atoms with E-state index in [4.69, 9.17) is 41.9 Å². The van der Waals surface area contributed by atoms with Gasteiger partial charge in [0.05, 0.1) is 39.0 Å². The number of amides is 2. The number of piperidine rings is 3. The number of unbranched alkanes of at least 4 members (excludes halogenated alkanes) is 1. The van der Waals surface area contributed by atoms with Crippen LogP contribution in [0.1, 0.15) is 120 Å². The van der Waals surface area contributed by atoms with E-state index in [9.17, 15) is 14.9 Å². The van der Waals surface area contributed by atoms with Crippen LogP contribution in [0.25, 0.3) is 43.0 Å². The summed E-state index contributed by atoms with van der Waals surface area (Å²) in [5.74, 6) is -1.21. The van der Waals surface area contributed by atoms with E-state index in [1.807, 2.05) is 23.6 Å². The fraction of sp³-hybridized carbons (Fsp3) is 0.527. The quantitative estimate of drug-likeness (QED) is 0.0697. The van der Waals surface area contributed by atoms with Gasteiger partial charge in [-0.25, -0.2) is 8.78 Å². The van der Waals surface area contributed by atoms with Crippen LogP contribution in [0.4, 0.5) is 19.6 Å². The van der Waals surface area contributed by atoms with Gasteiger partial charge in [-0.1, -0.05) is 43.1 Å². The monoisotopic (exact) mass is 1030 g/mol. The molecule has 2 saturated carbocycles. The lowest BCUT2D eigenvalue weighted by molar-refractivity contribution is -0.134. The fourth-order valence-electron chi connectivity index (χ4n) is 12.4. The average molecular weight is 1030 g/mol. The van der Waals surface area contributed by atoms with Gasteiger partial charge in [0.15, 0.2) is 5.82 Å². The highest BCUT2D eigenvalue weighted by molar-refractivity contribution is 7.23. The molecule has 14 nitrogen and oxygen atoms in total. The van der Waals surface area contributed by atoms with Gasteiger partial charge in [0.2, 0.25) is 11.8 Å². The maximum Gasteiger partial charge on any atom is 0.319 e. The number of nitrogen functional groups attached to an aromatic ring is 1. The Morgan fingerprint density at radius 1 is 1.01 bits per heavy atom. The van der Waals surface area contributed by atoms with Crippen LogP contribution in [0.2, 0.25) is 5.02 Å². The zero-order valence-electron chi connectivity index (χ0n) is 41.9. The van der Waals surface area contributed by atoms with Crippen molar-refractivity contribution in [3.05, 3.63) is 69.9 Å². The number of thiophene rings is 1. The number of carbonyl (C=O) groups is 2. The standard InChI is InChI=1S/C55H63ClF2N10O4S/c1-4-6-19-68(31-71-5-2)51-38-25-40(56)45(36-9-11-41(57)49-44(36)39(28-59)50(60)73-49)46(58)48(38)62-53(63-51)72-30-55(15-16-55)29-66-22-17-54(18-23-66)26-34(27-54)67-20-13-32(14-21-67)33-7-8-35-42(24-33)65(3)64-47(35)37-10-12-43(69)61-52(37)70/h7-9,11,24-25,32,34,37H,4-6,10,12-23,26-27,29-31,60H2,1-3H3,(H,61,69,70). The molecule has 2 amide bonds. The minimum absolute atomic E-state index is 0.00125. The number of aromatic nitrogens is 4. The van der Waals surface area contributed by atoms with Crippen LogP contribution in [0.3, 0.4) is 0 Å². The predicted molar refractivity (Wildman–Crippen MR) is 281 cm³/mol.